The third-order valence-corrected chi connectivity index (χ3v) is 5.96. The van der Waals surface area contributed by atoms with E-state index in [0.717, 1.165) is 22.0 Å². The standard InChI is InChI=1S/C23H23ClN8O/c1-14(30-22-20-18(28-13-29-22)6-3-7-25-20)16-12-15-4-2-5-17(24)19(15)31-21(16)26-8-10-32-11-9-27-23(32)33/h2-7,12-14H,8-11H2,1H3,(H,26,31)(H,27,33)(H,28,29,30)/t14-/m0/s1. The smallest absolute Gasteiger partial charge is 0.317 e. The van der Waals surface area contributed by atoms with Crippen molar-refractivity contribution in [2.75, 3.05) is 36.8 Å². The number of amides is 2. The van der Waals surface area contributed by atoms with Crippen LogP contribution in [-0.4, -0.2) is 57.0 Å². The molecule has 0 radical (unpaired) electrons. The second-order valence-corrected chi connectivity index (χ2v) is 8.25. The lowest BCUT2D eigenvalue weighted by Crippen LogP contribution is -2.32. The Morgan fingerprint density at radius 1 is 1.15 bits per heavy atom. The number of urea groups is 1. The Kier molecular flexibility index (Phi) is 5.78. The summed E-state index contributed by atoms with van der Waals surface area (Å²) in [4.78, 5) is 31.6. The van der Waals surface area contributed by atoms with Gasteiger partial charge in [-0.2, -0.15) is 0 Å². The van der Waals surface area contributed by atoms with Crippen molar-refractivity contribution < 1.29 is 4.79 Å². The predicted molar refractivity (Wildman–Crippen MR) is 130 cm³/mol. The van der Waals surface area contributed by atoms with E-state index in [-0.39, 0.29) is 12.1 Å². The largest absolute Gasteiger partial charge is 0.368 e. The lowest BCUT2D eigenvalue weighted by Gasteiger charge is -2.21. The molecule has 0 unspecified atom stereocenters. The quantitative estimate of drug-likeness (QED) is 0.383. The molecule has 1 aromatic carbocycles. The first-order valence-electron chi connectivity index (χ1n) is 10.8. The average molecular weight is 463 g/mol. The number of nitrogens with one attached hydrogen (secondary N) is 3. The van der Waals surface area contributed by atoms with Gasteiger partial charge in [0.2, 0.25) is 0 Å². The van der Waals surface area contributed by atoms with Crippen LogP contribution in [0.3, 0.4) is 0 Å². The summed E-state index contributed by atoms with van der Waals surface area (Å²) in [5.74, 6) is 1.36. The average Bonchev–Trinajstić information content (AvgIpc) is 3.24. The fraction of sp³-hybridized carbons (Fsp3) is 0.261. The van der Waals surface area contributed by atoms with Crippen LogP contribution in [0.5, 0.6) is 0 Å². The minimum absolute atomic E-state index is 0.0373. The van der Waals surface area contributed by atoms with Gasteiger partial charge in [0.1, 0.15) is 17.7 Å². The van der Waals surface area contributed by atoms with Gasteiger partial charge in [0.25, 0.3) is 0 Å². The summed E-state index contributed by atoms with van der Waals surface area (Å²) in [6, 6.07) is 11.4. The second kappa shape index (κ2) is 9.03. The summed E-state index contributed by atoms with van der Waals surface area (Å²) in [6.07, 6.45) is 3.25. The van der Waals surface area contributed by atoms with Crippen LogP contribution in [0.2, 0.25) is 5.02 Å². The number of rotatable bonds is 7. The van der Waals surface area contributed by atoms with Crippen LogP contribution in [0.15, 0.2) is 48.9 Å². The zero-order valence-corrected chi connectivity index (χ0v) is 18.8. The first-order chi connectivity index (χ1) is 16.1. The summed E-state index contributed by atoms with van der Waals surface area (Å²) >= 11 is 6.42. The molecule has 4 heterocycles. The molecule has 0 bridgehead atoms. The van der Waals surface area contributed by atoms with E-state index in [1.54, 1.807) is 11.1 Å². The number of anilines is 2. The van der Waals surface area contributed by atoms with Crippen molar-refractivity contribution in [3.8, 4) is 0 Å². The highest BCUT2D eigenvalue weighted by Crippen LogP contribution is 2.31. The molecule has 5 rings (SSSR count). The van der Waals surface area contributed by atoms with Gasteiger partial charge in [-0.3, -0.25) is 4.98 Å². The van der Waals surface area contributed by atoms with E-state index in [4.69, 9.17) is 16.6 Å². The molecule has 4 aromatic rings. The summed E-state index contributed by atoms with van der Waals surface area (Å²) in [7, 11) is 0. The van der Waals surface area contributed by atoms with Crippen LogP contribution in [0, 0.1) is 0 Å². The van der Waals surface area contributed by atoms with Gasteiger partial charge in [-0.1, -0.05) is 23.7 Å². The number of hydrogen-bond acceptors (Lipinski definition) is 7. The van der Waals surface area contributed by atoms with Crippen LogP contribution in [0.4, 0.5) is 16.4 Å². The lowest BCUT2D eigenvalue weighted by atomic mass is 10.1. The first-order valence-corrected chi connectivity index (χ1v) is 11.2. The van der Waals surface area contributed by atoms with E-state index in [0.29, 0.717) is 48.4 Å². The maximum absolute atomic E-state index is 11.8. The third kappa shape index (κ3) is 4.31. The van der Waals surface area contributed by atoms with Crippen molar-refractivity contribution in [3.05, 3.63) is 59.5 Å². The predicted octanol–water partition coefficient (Wildman–Crippen LogP) is 3.84. The summed E-state index contributed by atoms with van der Waals surface area (Å²) in [6.45, 7) is 4.57. The number of halogens is 1. The van der Waals surface area contributed by atoms with Gasteiger partial charge in [-0.15, -0.1) is 0 Å². The highest BCUT2D eigenvalue weighted by molar-refractivity contribution is 6.35. The molecule has 0 aliphatic carbocycles. The molecular formula is C23H23ClN8O. The molecular weight excluding hydrogens is 440 g/mol. The van der Waals surface area contributed by atoms with Crippen molar-refractivity contribution >= 4 is 51.2 Å². The Hall–Kier alpha value is -3.72. The number of pyridine rings is 2. The van der Waals surface area contributed by atoms with Gasteiger partial charge in [0, 0.05) is 43.3 Å². The van der Waals surface area contributed by atoms with Gasteiger partial charge in [0.05, 0.1) is 22.1 Å². The molecule has 9 nitrogen and oxygen atoms in total. The molecule has 1 atom stereocenters. The van der Waals surface area contributed by atoms with Crippen LogP contribution >= 0.6 is 11.6 Å². The zero-order valence-electron chi connectivity index (χ0n) is 18.0. The molecule has 10 heteroatoms. The van der Waals surface area contributed by atoms with Crippen molar-refractivity contribution in [1.82, 2.24) is 30.2 Å². The summed E-state index contributed by atoms with van der Waals surface area (Å²) < 4.78 is 0. The molecule has 1 fully saturated rings. The number of carbonyl (C=O) groups is 1. The Morgan fingerprint density at radius 3 is 2.91 bits per heavy atom. The van der Waals surface area contributed by atoms with Crippen LogP contribution in [0.1, 0.15) is 18.5 Å². The number of benzene rings is 1. The van der Waals surface area contributed by atoms with Gasteiger partial charge in [-0.05, 0) is 31.2 Å². The van der Waals surface area contributed by atoms with Crippen LogP contribution in [-0.2, 0) is 0 Å². The normalized spacial score (nSPS) is 14.5. The second-order valence-electron chi connectivity index (χ2n) is 7.84. The minimum atomic E-state index is -0.140. The maximum atomic E-state index is 11.8. The number of para-hydroxylation sites is 1. The summed E-state index contributed by atoms with van der Waals surface area (Å²) in [5, 5.41) is 11.2. The molecule has 3 N–H and O–H groups in total. The number of nitrogens with zero attached hydrogens (tertiary/aromatic N) is 5. The van der Waals surface area contributed by atoms with E-state index < -0.39 is 0 Å². The molecule has 3 aromatic heterocycles. The van der Waals surface area contributed by atoms with E-state index in [2.05, 4.69) is 37.0 Å². The SMILES string of the molecule is C[C@H](Nc1ncnc2cccnc12)c1cc2cccc(Cl)c2nc1NCCN1CCNC1=O. The van der Waals surface area contributed by atoms with E-state index in [9.17, 15) is 4.79 Å². The number of hydrogen-bond donors (Lipinski definition) is 3. The number of aromatic nitrogens is 4. The minimum Gasteiger partial charge on any atom is -0.368 e. The van der Waals surface area contributed by atoms with E-state index in [1.165, 1.54) is 6.33 Å². The van der Waals surface area contributed by atoms with Crippen molar-refractivity contribution in [2.24, 2.45) is 0 Å². The van der Waals surface area contributed by atoms with Crippen molar-refractivity contribution in [2.45, 2.75) is 13.0 Å². The molecule has 0 spiro atoms. The molecule has 168 valence electrons. The highest BCUT2D eigenvalue weighted by Gasteiger charge is 2.20. The van der Waals surface area contributed by atoms with Gasteiger partial charge in [-0.25, -0.2) is 19.7 Å². The fourth-order valence-electron chi connectivity index (χ4n) is 3.97. The Morgan fingerprint density at radius 2 is 2.06 bits per heavy atom. The monoisotopic (exact) mass is 462 g/mol. The molecule has 1 saturated heterocycles. The third-order valence-electron chi connectivity index (χ3n) is 5.66. The molecule has 33 heavy (non-hydrogen) atoms. The van der Waals surface area contributed by atoms with E-state index >= 15 is 0 Å². The van der Waals surface area contributed by atoms with Gasteiger partial charge < -0.3 is 20.9 Å². The Balaban J connectivity index is 1.45. The summed E-state index contributed by atoms with van der Waals surface area (Å²) in [5.41, 5.74) is 3.16. The zero-order chi connectivity index (χ0) is 22.8. The van der Waals surface area contributed by atoms with Gasteiger partial charge >= 0.3 is 6.03 Å². The lowest BCUT2D eigenvalue weighted by molar-refractivity contribution is 0.219. The highest BCUT2D eigenvalue weighted by atomic mass is 35.5. The Bertz CT molecular complexity index is 1330. The maximum Gasteiger partial charge on any atom is 0.317 e. The first kappa shape index (κ1) is 21.1. The molecule has 0 saturated carbocycles. The van der Waals surface area contributed by atoms with Crippen LogP contribution < -0.4 is 16.0 Å². The topological polar surface area (TPSA) is 108 Å². The van der Waals surface area contributed by atoms with Crippen molar-refractivity contribution in [1.29, 1.82) is 0 Å². The molecule has 1 aliphatic rings. The van der Waals surface area contributed by atoms with Crippen molar-refractivity contribution in [3.63, 3.8) is 0 Å². The number of fused-ring (bicyclic) bond motifs is 2. The van der Waals surface area contributed by atoms with Gasteiger partial charge in [0.15, 0.2) is 5.82 Å². The number of carbonyl (C=O) groups excluding carboxylic acids is 1. The Labute approximate surface area is 195 Å². The van der Waals surface area contributed by atoms with E-state index in [1.807, 2.05) is 37.3 Å². The fourth-order valence-corrected chi connectivity index (χ4v) is 4.19. The molecule has 2 amide bonds. The van der Waals surface area contributed by atoms with Crippen LogP contribution in [0.25, 0.3) is 21.9 Å². The molecule has 1 aliphatic heterocycles.